The summed E-state index contributed by atoms with van der Waals surface area (Å²) in [6.45, 7) is 3.98. The van der Waals surface area contributed by atoms with E-state index in [0.717, 1.165) is 5.39 Å². The zero-order chi connectivity index (χ0) is 15.4. The molecule has 2 aromatic rings. The van der Waals surface area contributed by atoms with Gasteiger partial charge in [-0.1, -0.05) is 17.7 Å². The van der Waals surface area contributed by atoms with Crippen LogP contribution in [-0.4, -0.2) is 25.2 Å². The molecule has 0 atom stereocenters. The predicted octanol–water partition coefficient (Wildman–Crippen LogP) is 3.85. The van der Waals surface area contributed by atoms with Gasteiger partial charge in [-0.2, -0.15) is 0 Å². The second-order valence-corrected chi connectivity index (χ2v) is 4.77. The maximum atomic E-state index is 12.1. The highest BCUT2D eigenvalue weighted by atomic mass is 35.5. The summed E-state index contributed by atoms with van der Waals surface area (Å²) in [6, 6.07) is 8.29. The van der Waals surface area contributed by atoms with Crippen LogP contribution in [0.3, 0.4) is 0 Å². The van der Waals surface area contributed by atoms with Crippen LogP contribution in [0.4, 0.5) is 0 Å². The topological polar surface area (TPSA) is 52.6 Å². The summed E-state index contributed by atoms with van der Waals surface area (Å²) in [5.74, 6) is -0.962. The fraction of sp³-hybridized carbons (Fsp3) is 0.250. The van der Waals surface area contributed by atoms with E-state index in [1.54, 1.807) is 38.1 Å². The fourth-order valence-corrected chi connectivity index (χ4v) is 2.21. The Morgan fingerprint density at radius 1 is 1.00 bits per heavy atom. The lowest BCUT2D eigenvalue weighted by molar-refractivity contribution is 0.0526. The molecule has 2 aromatic carbocycles. The van der Waals surface area contributed by atoms with Crippen LogP contribution < -0.4 is 0 Å². The molecule has 5 heteroatoms. The Labute approximate surface area is 127 Å². The maximum absolute atomic E-state index is 12.1. The lowest BCUT2D eigenvalue weighted by atomic mass is 10.0. The number of fused-ring (bicyclic) bond motifs is 1. The SMILES string of the molecule is CCOC(=O)c1cc(C(=O)OCC)c2cc(Cl)ccc2c1. The molecule has 0 bridgehead atoms. The van der Waals surface area contributed by atoms with E-state index in [1.165, 1.54) is 6.07 Å². The Kier molecular flexibility index (Phi) is 4.81. The standard InChI is InChI=1S/C16H15ClO4/c1-3-20-15(18)11-7-10-5-6-12(17)9-13(10)14(8-11)16(19)21-4-2/h5-9H,3-4H2,1-2H3. The van der Waals surface area contributed by atoms with Crippen molar-refractivity contribution in [1.29, 1.82) is 0 Å². The third kappa shape index (κ3) is 3.34. The first-order chi connectivity index (χ1) is 10.1. The van der Waals surface area contributed by atoms with E-state index < -0.39 is 11.9 Å². The number of carbonyl (C=O) groups excluding carboxylic acids is 2. The van der Waals surface area contributed by atoms with Gasteiger partial charge in [0, 0.05) is 5.02 Å². The van der Waals surface area contributed by atoms with E-state index >= 15 is 0 Å². The van der Waals surface area contributed by atoms with Crippen LogP contribution in [-0.2, 0) is 9.47 Å². The minimum atomic E-state index is -0.490. The molecule has 4 nitrogen and oxygen atoms in total. The number of rotatable bonds is 4. The molecule has 0 aliphatic heterocycles. The molecule has 0 unspecified atom stereocenters. The molecular weight excluding hydrogens is 292 g/mol. The molecule has 0 saturated carbocycles. The molecule has 0 saturated heterocycles. The van der Waals surface area contributed by atoms with Gasteiger partial charge in [0.15, 0.2) is 0 Å². The number of hydrogen-bond acceptors (Lipinski definition) is 4. The Bertz CT molecular complexity index is 694. The highest BCUT2D eigenvalue weighted by Crippen LogP contribution is 2.26. The zero-order valence-corrected chi connectivity index (χ0v) is 12.6. The summed E-state index contributed by atoms with van der Waals surface area (Å²) in [4.78, 5) is 24.0. The summed E-state index contributed by atoms with van der Waals surface area (Å²) in [7, 11) is 0. The molecule has 0 fully saturated rings. The second kappa shape index (κ2) is 6.59. The molecule has 0 aliphatic carbocycles. The second-order valence-electron chi connectivity index (χ2n) is 4.33. The van der Waals surface area contributed by atoms with Crippen molar-refractivity contribution in [3.8, 4) is 0 Å². The van der Waals surface area contributed by atoms with E-state index in [1.807, 2.05) is 0 Å². The highest BCUT2D eigenvalue weighted by Gasteiger charge is 2.17. The van der Waals surface area contributed by atoms with Crippen molar-refractivity contribution < 1.29 is 19.1 Å². The van der Waals surface area contributed by atoms with Crippen molar-refractivity contribution in [2.24, 2.45) is 0 Å². The van der Waals surface area contributed by atoms with Crippen molar-refractivity contribution in [3.63, 3.8) is 0 Å². The summed E-state index contributed by atoms with van der Waals surface area (Å²) in [5.41, 5.74) is 0.620. The van der Waals surface area contributed by atoms with Gasteiger partial charge in [-0.3, -0.25) is 0 Å². The summed E-state index contributed by atoms with van der Waals surface area (Å²) < 4.78 is 10.0. The predicted molar refractivity (Wildman–Crippen MR) is 80.9 cm³/mol. The summed E-state index contributed by atoms with van der Waals surface area (Å²) in [5, 5.41) is 1.89. The molecule has 110 valence electrons. The van der Waals surface area contributed by atoms with Crippen molar-refractivity contribution >= 4 is 34.3 Å². The molecule has 21 heavy (non-hydrogen) atoms. The van der Waals surface area contributed by atoms with Crippen LogP contribution in [0.25, 0.3) is 10.8 Å². The van der Waals surface area contributed by atoms with Gasteiger partial charge in [0.05, 0.1) is 24.3 Å². The highest BCUT2D eigenvalue weighted by molar-refractivity contribution is 6.31. The van der Waals surface area contributed by atoms with Gasteiger partial charge in [0.1, 0.15) is 0 Å². The Morgan fingerprint density at radius 2 is 1.67 bits per heavy atom. The molecule has 0 radical (unpaired) electrons. The largest absolute Gasteiger partial charge is 0.462 e. The van der Waals surface area contributed by atoms with Crippen LogP contribution in [0.5, 0.6) is 0 Å². The molecule has 2 rings (SSSR count). The molecule has 0 spiro atoms. The number of benzene rings is 2. The minimum Gasteiger partial charge on any atom is -0.462 e. The van der Waals surface area contributed by atoms with Gasteiger partial charge in [0.25, 0.3) is 0 Å². The van der Waals surface area contributed by atoms with Crippen LogP contribution >= 0.6 is 11.6 Å². The van der Waals surface area contributed by atoms with Gasteiger partial charge in [-0.05, 0) is 48.9 Å². The van der Waals surface area contributed by atoms with E-state index in [-0.39, 0.29) is 13.2 Å². The average Bonchev–Trinajstić information content (AvgIpc) is 2.46. The van der Waals surface area contributed by atoms with Gasteiger partial charge >= 0.3 is 11.9 Å². The lowest BCUT2D eigenvalue weighted by Crippen LogP contribution is -2.10. The minimum absolute atomic E-state index is 0.254. The van der Waals surface area contributed by atoms with Crippen molar-refractivity contribution in [2.75, 3.05) is 13.2 Å². The van der Waals surface area contributed by atoms with Crippen molar-refractivity contribution in [2.45, 2.75) is 13.8 Å². The fourth-order valence-electron chi connectivity index (χ4n) is 2.04. The maximum Gasteiger partial charge on any atom is 0.338 e. The summed E-state index contributed by atoms with van der Waals surface area (Å²) in [6.07, 6.45) is 0. The van der Waals surface area contributed by atoms with Crippen LogP contribution in [0.1, 0.15) is 34.6 Å². The van der Waals surface area contributed by atoms with E-state index in [4.69, 9.17) is 21.1 Å². The zero-order valence-electron chi connectivity index (χ0n) is 11.8. The lowest BCUT2D eigenvalue weighted by Gasteiger charge is -2.10. The Hall–Kier alpha value is -2.07. The number of halogens is 1. The number of ether oxygens (including phenoxy) is 2. The quantitative estimate of drug-likeness (QED) is 0.805. The van der Waals surface area contributed by atoms with Crippen LogP contribution in [0.2, 0.25) is 5.02 Å². The first-order valence-electron chi connectivity index (χ1n) is 6.64. The third-order valence-corrected chi connectivity index (χ3v) is 3.16. The molecule has 0 aromatic heterocycles. The normalized spacial score (nSPS) is 10.4. The van der Waals surface area contributed by atoms with E-state index in [2.05, 4.69) is 0 Å². The van der Waals surface area contributed by atoms with Gasteiger partial charge in [-0.25, -0.2) is 9.59 Å². The van der Waals surface area contributed by atoms with Crippen LogP contribution in [0, 0.1) is 0 Å². The molecule has 0 amide bonds. The van der Waals surface area contributed by atoms with Gasteiger partial charge in [0.2, 0.25) is 0 Å². The molecule has 0 heterocycles. The van der Waals surface area contributed by atoms with Crippen molar-refractivity contribution in [3.05, 3.63) is 46.5 Å². The number of esters is 2. The number of hydrogen-bond donors (Lipinski definition) is 0. The summed E-state index contributed by atoms with van der Waals surface area (Å²) >= 11 is 5.98. The Balaban J connectivity index is 2.63. The monoisotopic (exact) mass is 306 g/mol. The van der Waals surface area contributed by atoms with E-state index in [0.29, 0.717) is 21.5 Å². The Morgan fingerprint density at radius 3 is 2.33 bits per heavy atom. The third-order valence-electron chi connectivity index (χ3n) is 2.92. The molecular formula is C16H15ClO4. The van der Waals surface area contributed by atoms with Gasteiger partial charge in [-0.15, -0.1) is 0 Å². The molecule has 0 N–H and O–H groups in total. The average molecular weight is 307 g/mol. The van der Waals surface area contributed by atoms with Gasteiger partial charge < -0.3 is 9.47 Å². The van der Waals surface area contributed by atoms with E-state index in [9.17, 15) is 9.59 Å². The smallest absolute Gasteiger partial charge is 0.338 e. The number of carbonyl (C=O) groups is 2. The van der Waals surface area contributed by atoms with Crippen LogP contribution in [0.15, 0.2) is 30.3 Å². The molecule has 0 aliphatic rings. The first-order valence-corrected chi connectivity index (χ1v) is 7.02. The van der Waals surface area contributed by atoms with Crippen molar-refractivity contribution in [1.82, 2.24) is 0 Å². The first kappa shape index (κ1) is 15.3.